The molecule has 0 bridgehead atoms. The zero-order chi connectivity index (χ0) is 9.52. The van der Waals surface area contributed by atoms with Crippen LogP contribution in [0.4, 0.5) is 0 Å². The second kappa shape index (κ2) is 4.69. The summed E-state index contributed by atoms with van der Waals surface area (Å²) in [5.74, 6) is 5.29. The van der Waals surface area contributed by atoms with E-state index in [1.54, 1.807) is 12.1 Å². The molecule has 0 aliphatic carbocycles. The molecule has 0 saturated carbocycles. The summed E-state index contributed by atoms with van der Waals surface area (Å²) in [6.07, 6.45) is 2.43. The third kappa shape index (κ3) is 2.76. The molecule has 0 aliphatic heterocycles. The van der Waals surface area contributed by atoms with Crippen LogP contribution < -0.4 is 0 Å². The first kappa shape index (κ1) is 8.96. The van der Waals surface area contributed by atoms with Crippen molar-refractivity contribution in [3.63, 3.8) is 0 Å². The molecule has 0 N–H and O–H groups in total. The van der Waals surface area contributed by atoms with E-state index in [1.807, 2.05) is 6.07 Å². The monoisotopic (exact) mass is 170 g/mol. The smallest absolute Gasteiger partial charge is 0.131 e. The summed E-state index contributed by atoms with van der Waals surface area (Å²) in [5, 5.41) is 8.55. The number of nitrogens with zero attached hydrogens (tertiary/aromatic N) is 2. The largest absolute Gasteiger partial charge is 0.302 e. The number of hydrogen-bond acceptors (Lipinski definition) is 3. The molecule has 0 fully saturated rings. The van der Waals surface area contributed by atoms with Gasteiger partial charge in [-0.3, -0.25) is 0 Å². The van der Waals surface area contributed by atoms with Crippen LogP contribution in [0, 0.1) is 23.2 Å². The Morgan fingerprint density at radius 1 is 1.62 bits per heavy atom. The van der Waals surface area contributed by atoms with Gasteiger partial charge in [-0.25, -0.2) is 4.98 Å². The van der Waals surface area contributed by atoms with Gasteiger partial charge in [0.05, 0.1) is 18.1 Å². The highest BCUT2D eigenvalue weighted by Gasteiger charge is 1.90. The number of rotatable bonds is 1. The van der Waals surface area contributed by atoms with Gasteiger partial charge in [0.2, 0.25) is 0 Å². The van der Waals surface area contributed by atoms with E-state index in [-0.39, 0.29) is 6.42 Å². The second-order valence-electron chi connectivity index (χ2n) is 2.21. The summed E-state index contributed by atoms with van der Waals surface area (Å²) in [4.78, 5) is 13.9. The van der Waals surface area contributed by atoms with E-state index in [0.29, 0.717) is 11.3 Å². The van der Waals surface area contributed by atoms with Gasteiger partial charge in [-0.15, -0.1) is 0 Å². The highest BCUT2D eigenvalue weighted by atomic mass is 16.1. The summed E-state index contributed by atoms with van der Waals surface area (Å²) in [7, 11) is 0. The normalized spacial score (nSPS) is 7.92. The predicted octanol–water partition coefficient (Wildman–Crippen LogP) is 0.894. The zero-order valence-electron chi connectivity index (χ0n) is 6.82. The number of carbonyl (C=O) groups excluding carboxylic acids is 1. The van der Waals surface area contributed by atoms with E-state index in [4.69, 9.17) is 5.26 Å². The molecule has 0 aromatic carbocycles. The van der Waals surface area contributed by atoms with Crippen LogP contribution in [-0.2, 0) is 4.79 Å². The summed E-state index contributed by atoms with van der Waals surface area (Å²) in [6, 6.07) is 5.16. The quantitative estimate of drug-likeness (QED) is 0.464. The minimum Gasteiger partial charge on any atom is -0.302 e. The van der Waals surface area contributed by atoms with Gasteiger partial charge < -0.3 is 4.79 Å². The predicted molar refractivity (Wildman–Crippen MR) is 46.5 cm³/mol. The molecule has 0 saturated heterocycles. The Labute approximate surface area is 76.0 Å². The first-order valence-electron chi connectivity index (χ1n) is 3.65. The molecule has 1 rings (SSSR count). The van der Waals surface area contributed by atoms with Crippen LogP contribution in [0.3, 0.4) is 0 Å². The number of hydrogen-bond donors (Lipinski definition) is 0. The molecule has 1 aromatic heterocycles. The molecule has 0 aliphatic rings. The molecular formula is C10H6N2O. The van der Waals surface area contributed by atoms with Crippen molar-refractivity contribution in [1.82, 2.24) is 4.98 Å². The van der Waals surface area contributed by atoms with E-state index in [2.05, 4.69) is 16.8 Å². The Kier molecular flexibility index (Phi) is 3.23. The van der Waals surface area contributed by atoms with Gasteiger partial charge in [-0.05, 0) is 18.1 Å². The number of pyridine rings is 1. The maximum Gasteiger partial charge on any atom is 0.131 e. The van der Waals surface area contributed by atoms with E-state index < -0.39 is 0 Å². The third-order valence-corrected chi connectivity index (χ3v) is 1.29. The molecule has 0 radical (unpaired) electrons. The first-order chi connectivity index (χ1) is 6.36. The van der Waals surface area contributed by atoms with E-state index in [1.165, 1.54) is 6.20 Å². The lowest BCUT2D eigenvalue weighted by Gasteiger charge is -1.88. The maximum absolute atomic E-state index is 9.94. The van der Waals surface area contributed by atoms with Gasteiger partial charge in [0.25, 0.3) is 0 Å². The van der Waals surface area contributed by atoms with Crippen molar-refractivity contribution in [2.24, 2.45) is 0 Å². The number of carbonyl (C=O) groups is 1. The Morgan fingerprint density at radius 3 is 3.15 bits per heavy atom. The van der Waals surface area contributed by atoms with Crippen LogP contribution in [-0.4, -0.2) is 11.3 Å². The van der Waals surface area contributed by atoms with Gasteiger partial charge in [0, 0.05) is 6.20 Å². The number of aromatic nitrogens is 1. The van der Waals surface area contributed by atoms with Crippen molar-refractivity contribution >= 4 is 6.29 Å². The van der Waals surface area contributed by atoms with Gasteiger partial charge in [0.1, 0.15) is 12.0 Å². The van der Waals surface area contributed by atoms with Crippen molar-refractivity contribution in [3.8, 4) is 17.9 Å². The van der Waals surface area contributed by atoms with Gasteiger partial charge in [-0.2, -0.15) is 5.26 Å². The number of aldehydes is 1. The molecule has 0 spiro atoms. The lowest BCUT2D eigenvalue weighted by Crippen LogP contribution is -1.83. The Bertz CT molecular complexity index is 407. The Balaban J connectivity index is 2.86. The fourth-order valence-electron chi connectivity index (χ4n) is 0.752. The fourth-order valence-corrected chi connectivity index (χ4v) is 0.752. The molecule has 1 aromatic rings. The van der Waals surface area contributed by atoms with Crippen LogP contribution >= 0.6 is 0 Å². The highest BCUT2D eigenvalue weighted by Crippen LogP contribution is 1.97. The Hall–Kier alpha value is -2.13. The van der Waals surface area contributed by atoms with E-state index in [9.17, 15) is 4.79 Å². The molecule has 13 heavy (non-hydrogen) atoms. The van der Waals surface area contributed by atoms with Crippen molar-refractivity contribution in [2.75, 3.05) is 0 Å². The summed E-state index contributed by atoms with van der Waals surface area (Å²) >= 11 is 0. The minimum atomic E-state index is 0.193. The van der Waals surface area contributed by atoms with Crippen LogP contribution in [0.5, 0.6) is 0 Å². The highest BCUT2D eigenvalue weighted by molar-refractivity contribution is 5.54. The van der Waals surface area contributed by atoms with Gasteiger partial charge in [-0.1, -0.05) is 5.92 Å². The average Bonchev–Trinajstić information content (AvgIpc) is 2.19. The molecule has 3 nitrogen and oxygen atoms in total. The lowest BCUT2D eigenvalue weighted by atomic mass is 10.2. The van der Waals surface area contributed by atoms with E-state index >= 15 is 0 Å². The van der Waals surface area contributed by atoms with Crippen LogP contribution in [0.15, 0.2) is 18.3 Å². The standard InChI is InChI=1S/C10H6N2O/c11-8-9-4-5-12-10(7-9)3-1-2-6-13/h4-7H,2H2. The number of nitriles is 1. The molecule has 1 heterocycles. The summed E-state index contributed by atoms with van der Waals surface area (Å²) in [6.45, 7) is 0. The topological polar surface area (TPSA) is 53.8 Å². The van der Waals surface area contributed by atoms with Gasteiger partial charge >= 0.3 is 0 Å². The van der Waals surface area contributed by atoms with Crippen LogP contribution in [0.2, 0.25) is 0 Å². The van der Waals surface area contributed by atoms with Crippen molar-refractivity contribution in [2.45, 2.75) is 6.42 Å². The molecule has 0 unspecified atom stereocenters. The summed E-state index contributed by atoms with van der Waals surface area (Å²) in [5.41, 5.74) is 1.03. The fraction of sp³-hybridized carbons (Fsp3) is 0.100. The van der Waals surface area contributed by atoms with Crippen LogP contribution in [0.1, 0.15) is 17.7 Å². The zero-order valence-corrected chi connectivity index (χ0v) is 6.82. The summed E-state index contributed by atoms with van der Waals surface area (Å²) < 4.78 is 0. The van der Waals surface area contributed by atoms with E-state index in [0.717, 1.165) is 6.29 Å². The lowest BCUT2D eigenvalue weighted by molar-refractivity contribution is -0.107. The third-order valence-electron chi connectivity index (χ3n) is 1.29. The van der Waals surface area contributed by atoms with Crippen molar-refractivity contribution < 1.29 is 4.79 Å². The molecular weight excluding hydrogens is 164 g/mol. The molecule has 0 amide bonds. The average molecular weight is 170 g/mol. The first-order valence-corrected chi connectivity index (χ1v) is 3.65. The molecule has 62 valence electrons. The SMILES string of the molecule is N#Cc1ccnc(C#CCC=O)c1. The molecule has 3 heteroatoms. The van der Waals surface area contributed by atoms with Crippen molar-refractivity contribution in [3.05, 3.63) is 29.6 Å². The maximum atomic E-state index is 9.94. The van der Waals surface area contributed by atoms with Crippen molar-refractivity contribution in [1.29, 1.82) is 5.26 Å². The molecule has 0 atom stereocenters. The Morgan fingerprint density at radius 2 is 2.46 bits per heavy atom. The minimum absolute atomic E-state index is 0.193. The second-order valence-corrected chi connectivity index (χ2v) is 2.21. The van der Waals surface area contributed by atoms with Gasteiger partial charge in [0.15, 0.2) is 0 Å². The van der Waals surface area contributed by atoms with Crippen LogP contribution in [0.25, 0.3) is 0 Å².